The lowest BCUT2D eigenvalue weighted by Gasteiger charge is -2.66. The van der Waals surface area contributed by atoms with Crippen molar-refractivity contribution in [3.8, 4) is 0 Å². The molecule has 4 nitrogen and oxygen atoms in total. The van der Waals surface area contributed by atoms with E-state index in [1.54, 1.807) is 0 Å². The van der Waals surface area contributed by atoms with Crippen LogP contribution in [0.3, 0.4) is 0 Å². The van der Waals surface area contributed by atoms with E-state index in [9.17, 15) is 4.79 Å². The van der Waals surface area contributed by atoms with Gasteiger partial charge in [-0.3, -0.25) is 4.79 Å². The first-order chi connectivity index (χ1) is 14.5. The Balaban J connectivity index is 1.33. The van der Waals surface area contributed by atoms with E-state index < -0.39 is 0 Å². The van der Waals surface area contributed by atoms with Gasteiger partial charge in [0.2, 0.25) is 5.91 Å². The zero-order valence-corrected chi connectivity index (χ0v) is 18.3. The molecule has 2 N–H and O–H groups in total. The number of carbonyl (C=O) groups excluding carboxylic acids is 1. The van der Waals surface area contributed by atoms with Crippen LogP contribution in [0.1, 0.15) is 63.9 Å². The van der Waals surface area contributed by atoms with Gasteiger partial charge in [0.05, 0.1) is 12.0 Å². The predicted octanol–water partition coefficient (Wildman–Crippen LogP) is 3.80. The molecule has 5 unspecified atom stereocenters. The summed E-state index contributed by atoms with van der Waals surface area (Å²) < 4.78 is 6.06. The lowest BCUT2D eigenvalue weighted by atomic mass is 9.38. The maximum Gasteiger partial charge on any atom is 0.226 e. The molecule has 0 radical (unpaired) electrons. The van der Waals surface area contributed by atoms with Crippen LogP contribution in [0.4, 0.5) is 0 Å². The second kappa shape index (κ2) is 6.80. The van der Waals surface area contributed by atoms with E-state index in [0.717, 1.165) is 51.4 Å². The quantitative estimate of drug-likeness (QED) is 0.753. The molecule has 30 heavy (non-hydrogen) atoms. The molecule has 0 spiro atoms. The Kier molecular flexibility index (Phi) is 4.38. The van der Waals surface area contributed by atoms with Crippen molar-refractivity contribution in [2.24, 2.45) is 22.7 Å². The van der Waals surface area contributed by atoms with Crippen molar-refractivity contribution >= 4 is 5.91 Å². The highest BCUT2D eigenvalue weighted by molar-refractivity contribution is 5.84. The molecule has 6 aliphatic rings. The van der Waals surface area contributed by atoms with Crippen molar-refractivity contribution in [1.29, 1.82) is 0 Å². The zero-order valence-electron chi connectivity index (χ0n) is 18.3. The van der Waals surface area contributed by atoms with Crippen LogP contribution in [0, 0.1) is 22.7 Å². The Labute approximate surface area is 180 Å². The van der Waals surface area contributed by atoms with Gasteiger partial charge in [0.1, 0.15) is 0 Å². The van der Waals surface area contributed by atoms with Crippen LogP contribution in [0.15, 0.2) is 30.3 Å². The molecule has 0 aromatic heterocycles. The summed E-state index contributed by atoms with van der Waals surface area (Å²) in [5, 5.41) is 7.19. The van der Waals surface area contributed by atoms with Gasteiger partial charge >= 0.3 is 0 Å². The number of fused-ring (bicyclic) bond motifs is 2. The highest BCUT2D eigenvalue weighted by atomic mass is 16.5. The van der Waals surface area contributed by atoms with Crippen molar-refractivity contribution in [1.82, 2.24) is 10.6 Å². The normalized spacial score (nSPS) is 45.8. The summed E-state index contributed by atoms with van der Waals surface area (Å²) in [6.45, 7) is 4.82. The molecular formula is C26H36N2O2. The van der Waals surface area contributed by atoms with E-state index in [4.69, 9.17) is 4.74 Å². The molecule has 1 aromatic carbocycles. The van der Waals surface area contributed by atoms with Gasteiger partial charge in [-0.15, -0.1) is 0 Å². The number of hydrogen-bond acceptors (Lipinski definition) is 3. The highest BCUT2D eigenvalue weighted by Crippen LogP contribution is 2.70. The number of nitrogens with one attached hydrogen (secondary N) is 2. The number of ether oxygens (including phenoxy) is 1. The molecule has 4 heteroatoms. The van der Waals surface area contributed by atoms with E-state index >= 15 is 0 Å². The summed E-state index contributed by atoms with van der Waals surface area (Å²) in [5.74, 6) is 1.76. The Hall–Kier alpha value is -1.39. The van der Waals surface area contributed by atoms with Gasteiger partial charge in [0, 0.05) is 18.7 Å². The number of piperidine rings is 1. The maximum absolute atomic E-state index is 13.9. The Bertz CT molecular complexity index is 828. The zero-order chi connectivity index (χ0) is 20.4. The minimum Gasteiger partial charge on any atom is -0.381 e. The fourth-order valence-corrected chi connectivity index (χ4v) is 8.82. The smallest absolute Gasteiger partial charge is 0.226 e. The molecule has 1 saturated heterocycles. The average Bonchev–Trinajstić information content (AvgIpc) is 3.35. The molecule has 1 aromatic rings. The van der Waals surface area contributed by atoms with Crippen LogP contribution in [-0.2, 0) is 14.9 Å². The largest absolute Gasteiger partial charge is 0.381 e. The number of carbonyl (C=O) groups is 1. The predicted molar refractivity (Wildman–Crippen MR) is 117 cm³/mol. The third kappa shape index (κ3) is 2.90. The van der Waals surface area contributed by atoms with E-state index in [1.807, 2.05) is 0 Å². The van der Waals surface area contributed by atoms with E-state index in [-0.39, 0.29) is 16.2 Å². The fourth-order valence-electron chi connectivity index (χ4n) is 8.82. The standard InChI is InChI=1S/C26H36N2O2/c1-2-30-17-24-10-19-11-25(14-24,20-6-4-3-5-7-20)16-26(12-19,15-24)23(29)28-22-9-18-8-21(22)27-13-18/h3-7,18-19,21-22,27H,2,8-17H2,1H3,(H,28,29)/t18?,19?,21?,22?,24-,25+,26?/m0/s1. The third-order valence-electron chi connectivity index (χ3n) is 9.31. The Morgan fingerprint density at radius 3 is 2.70 bits per heavy atom. The van der Waals surface area contributed by atoms with Crippen molar-refractivity contribution < 1.29 is 9.53 Å². The molecule has 5 aliphatic carbocycles. The molecule has 1 heterocycles. The summed E-state index contributed by atoms with van der Waals surface area (Å²) in [7, 11) is 0. The summed E-state index contributed by atoms with van der Waals surface area (Å²) >= 11 is 0. The Morgan fingerprint density at radius 2 is 1.97 bits per heavy atom. The number of rotatable bonds is 6. The summed E-state index contributed by atoms with van der Waals surface area (Å²) in [5.41, 5.74) is 1.54. The Morgan fingerprint density at radius 1 is 1.10 bits per heavy atom. The van der Waals surface area contributed by atoms with Gasteiger partial charge in [0.15, 0.2) is 0 Å². The minimum atomic E-state index is -0.214. The van der Waals surface area contributed by atoms with Crippen LogP contribution < -0.4 is 10.6 Å². The van der Waals surface area contributed by atoms with Gasteiger partial charge < -0.3 is 15.4 Å². The van der Waals surface area contributed by atoms with Crippen molar-refractivity contribution in [3.05, 3.63) is 35.9 Å². The lowest BCUT2D eigenvalue weighted by Crippen LogP contribution is -2.65. The molecule has 1 amide bonds. The van der Waals surface area contributed by atoms with Crippen LogP contribution in [0.5, 0.6) is 0 Å². The molecule has 7 rings (SSSR count). The monoisotopic (exact) mass is 408 g/mol. The van der Waals surface area contributed by atoms with Gasteiger partial charge in [-0.1, -0.05) is 30.3 Å². The fraction of sp³-hybridized carbons (Fsp3) is 0.731. The first-order valence-corrected chi connectivity index (χ1v) is 12.2. The third-order valence-corrected chi connectivity index (χ3v) is 9.31. The molecule has 7 atom stereocenters. The number of benzene rings is 1. The topological polar surface area (TPSA) is 50.4 Å². The van der Waals surface area contributed by atoms with Crippen LogP contribution in [-0.4, -0.2) is 37.7 Å². The molecule has 162 valence electrons. The summed E-state index contributed by atoms with van der Waals surface area (Å²) in [6, 6.07) is 11.9. The number of amides is 1. The van der Waals surface area contributed by atoms with Gasteiger partial charge in [0.25, 0.3) is 0 Å². The van der Waals surface area contributed by atoms with Gasteiger partial charge in [-0.2, -0.15) is 0 Å². The molecule has 6 fully saturated rings. The summed E-state index contributed by atoms with van der Waals surface area (Å²) in [4.78, 5) is 13.9. The van der Waals surface area contributed by atoms with Gasteiger partial charge in [-0.05, 0) is 93.1 Å². The SMILES string of the molecule is CCOC[C@]12CC3CC(C(=O)NC4CC5CNC4C5)(C1)C[C@@](c1ccccc1)(C3)C2. The van der Waals surface area contributed by atoms with Crippen molar-refractivity contribution in [2.75, 3.05) is 19.8 Å². The van der Waals surface area contributed by atoms with Crippen LogP contribution >= 0.6 is 0 Å². The molecule has 6 bridgehead atoms. The molecular weight excluding hydrogens is 372 g/mol. The first kappa shape index (κ1) is 19.3. The second-order valence-corrected chi connectivity index (χ2v) is 11.5. The highest BCUT2D eigenvalue weighted by Gasteiger charge is 2.66. The van der Waals surface area contributed by atoms with Gasteiger partial charge in [-0.25, -0.2) is 0 Å². The first-order valence-electron chi connectivity index (χ1n) is 12.2. The lowest BCUT2D eigenvalue weighted by molar-refractivity contribution is -0.172. The minimum absolute atomic E-state index is 0.141. The molecule has 1 aliphatic heterocycles. The number of hydrogen-bond donors (Lipinski definition) is 2. The van der Waals surface area contributed by atoms with E-state index in [1.165, 1.54) is 31.2 Å². The molecule has 5 saturated carbocycles. The van der Waals surface area contributed by atoms with Crippen LogP contribution in [0.2, 0.25) is 0 Å². The van der Waals surface area contributed by atoms with Crippen molar-refractivity contribution in [3.63, 3.8) is 0 Å². The maximum atomic E-state index is 13.9. The van der Waals surface area contributed by atoms with E-state index in [2.05, 4.69) is 47.9 Å². The second-order valence-electron chi connectivity index (χ2n) is 11.5. The van der Waals surface area contributed by atoms with E-state index in [0.29, 0.717) is 23.9 Å². The summed E-state index contributed by atoms with van der Waals surface area (Å²) in [6.07, 6.45) is 9.20. The van der Waals surface area contributed by atoms with Crippen LogP contribution in [0.25, 0.3) is 0 Å². The average molecular weight is 409 g/mol. The van der Waals surface area contributed by atoms with Crippen molar-refractivity contribution in [2.45, 2.75) is 75.8 Å².